The Hall–Kier alpha value is -2.52. The number of rotatable bonds is 8. The molecule has 4 rings (SSSR count). The summed E-state index contributed by atoms with van der Waals surface area (Å²) in [6, 6.07) is 12.3. The number of ether oxygens (including phenoxy) is 3. The Bertz CT molecular complexity index is 1090. The molecule has 2 aliphatic rings. The number of aryl methyl sites for hydroxylation is 1. The SMILES string of the molecule is Cc1cc(OC[C@]2(CC(=O)N3CCN(C)CC3)CN(C(=O)COc3ccc(Cl)cc3)CCO2)ccc1Cl. The fraction of sp³-hybridized carbons (Fsp3) is 0.481. The molecule has 2 saturated heterocycles. The van der Waals surface area contributed by atoms with Gasteiger partial charge in [-0.25, -0.2) is 0 Å². The van der Waals surface area contributed by atoms with Crippen molar-refractivity contribution in [1.82, 2.24) is 14.7 Å². The molecule has 2 heterocycles. The van der Waals surface area contributed by atoms with Gasteiger partial charge in [-0.15, -0.1) is 0 Å². The molecule has 10 heteroatoms. The molecule has 0 aliphatic carbocycles. The van der Waals surface area contributed by atoms with Crippen LogP contribution in [0.15, 0.2) is 42.5 Å². The maximum Gasteiger partial charge on any atom is 0.260 e. The van der Waals surface area contributed by atoms with E-state index in [9.17, 15) is 9.59 Å². The smallest absolute Gasteiger partial charge is 0.260 e. The molecule has 1 atom stereocenters. The van der Waals surface area contributed by atoms with E-state index < -0.39 is 5.60 Å². The third-order valence-corrected chi connectivity index (χ3v) is 7.41. The van der Waals surface area contributed by atoms with Gasteiger partial charge in [-0.1, -0.05) is 23.2 Å². The second-order valence-corrected chi connectivity index (χ2v) is 10.5. The third-order valence-electron chi connectivity index (χ3n) is 6.74. The van der Waals surface area contributed by atoms with E-state index in [4.69, 9.17) is 37.4 Å². The third kappa shape index (κ3) is 7.51. The van der Waals surface area contributed by atoms with Crippen LogP contribution in [-0.2, 0) is 14.3 Å². The van der Waals surface area contributed by atoms with Gasteiger partial charge in [0.1, 0.15) is 23.7 Å². The van der Waals surface area contributed by atoms with E-state index in [2.05, 4.69) is 4.90 Å². The molecule has 2 aliphatic heterocycles. The van der Waals surface area contributed by atoms with E-state index in [1.807, 2.05) is 24.9 Å². The van der Waals surface area contributed by atoms with Gasteiger partial charge >= 0.3 is 0 Å². The second-order valence-electron chi connectivity index (χ2n) is 9.65. The molecule has 0 saturated carbocycles. The van der Waals surface area contributed by atoms with E-state index in [0.29, 0.717) is 47.8 Å². The molecular formula is C27H33Cl2N3O5. The van der Waals surface area contributed by atoms with Gasteiger partial charge in [-0.2, -0.15) is 0 Å². The predicted octanol–water partition coefficient (Wildman–Crippen LogP) is 3.52. The van der Waals surface area contributed by atoms with Crippen molar-refractivity contribution in [2.75, 3.05) is 66.1 Å². The lowest BCUT2D eigenvalue weighted by atomic mass is 9.96. The lowest BCUT2D eigenvalue weighted by Crippen LogP contribution is -2.59. The molecule has 2 amide bonds. The first-order valence-corrected chi connectivity index (χ1v) is 13.1. The molecular weight excluding hydrogens is 517 g/mol. The second kappa shape index (κ2) is 12.3. The van der Waals surface area contributed by atoms with Crippen molar-refractivity contribution in [1.29, 1.82) is 0 Å². The zero-order valence-electron chi connectivity index (χ0n) is 21.3. The molecule has 0 N–H and O–H groups in total. The largest absolute Gasteiger partial charge is 0.490 e. The van der Waals surface area contributed by atoms with Crippen LogP contribution in [0.5, 0.6) is 11.5 Å². The minimum absolute atomic E-state index is 0.00398. The topological polar surface area (TPSA) is 71.6 Å². The normalized spacial score (nSPS) is 20.5. The minimum atomic E-state index is -0.984. The summed E-state index contributed by atoms with van der Waals surface area (Å²) < 4.78 is 18.0. The highest BCUT2D eigenvalue weighted by atomic mass is 35.5. The van der Waals surface area contributed by atoms with E-state index in [1.165, 1.54) is 0 Å². The Morgan fingerprint density at radius 2 is 1.62 bits per heavy atom. The summed E-state index contributed by atoms with van der Waals surface area (Å²) in [6.45, 7) is 5.82. The van der Waals surface area contributed by atoms with Gasteiger partial charge in [-0.05, 0) is 62.0 Å². The summed E-state index contributed by atoms with van der Waals surface area (Å²) in [5.74, 6) is 1.00. The fourth-order valence-corrected chi connectivity index (χ4v) is 4.68. The molecule has 0 bridgehead atoms. The van der Waals surface area contributed by atoms with Gasteiger partial charge in [0.15, 0.2) is 6.61 Å². The molecule has 2 aromatic rings. The van der Waals surface area contributed by atoms with Crippen LogP contribution in [0.25, 0.3) is 0 Å². The number of amides is 2. The Balaban J connectivity index is 1.45. The first-order chi connectivity index (χ1) is 17.7. The number of benzene rings is 2. The number of piperazine rings is 1. The highest BCUT2D eigenvalue weighted by Crippen LogP contribution is 2.28. The number of likely N-dealkylation sites (N-methyl/N-ethyl adjacent to an activating group) is 1. The average Bonchev–Trinajstić information content (AvgIpc) is 2.89. The number of carbonyl (C=O) groups excluding carboxylic acids is 2. The van der Waals surface area contributed by atoms with Crippen molar-refractivity contribution in [3.8, 4) is 11.5 Å². The molecule has 0 unspecified atom stereocenters. The molecule has 2 fully saturated rings. The minimum Gasteiger partial charge on any atom is -0.490 e. The fourth-order valence-electron chi connectivity index (χ4n) is 4.44. The average molecular weight is 550 g/mol. The van der Waals surface area contributed by atoms with Crippen molar-refractivity contribution in [2.45, 2.75) is 18.9 Å². The summed E-state index contributed by atoms with van der Waals surface area (Å²) in [5.41, 5.74) is -0.0928. The van der Waals surface area contributed by atoms with Crippen molar-refractivity contribution in [2.24, 2.45) is 0 Å². The number of hydrogen-bond acceptors (Lipinski definition) is 6. The van der Waals surface area contributed by atoms with Crippen molar-refractivity contribution in [3.05, 3.63) is 58.1 Å². The summed E-state index contributed by atoms with van der Waals surface area (Å²) in [6.07, 6.45) is 0.116. The molecule has 37 heavy (non-hydrogen) atoms. The Morgan fingerprint density at radius 1 is 0.919 bits per heavy atom. The summed E-state index contributed by atoms with van der Waals surface area (Å²) in [4.78, 5) is 32.1. The van der Waals surface area contributed by atoms with Crippen molar-refractivity contribution in [3.63, 3.8) is 0 Å². The molecule has 2 aromatic carbocycles. The predicted molar refractivity (Wildman–Crippen MR) is 143 cm³/mol. The highest BCUT2D eigenvalue weighted by Gasteiger charge is 2.42. The van der Waals surface area contributed by atoms with Crippen LogP contribution in [0.2, 0.25) is 10.0 Å². The molecule has 0 spiro atoms. The first kappa shape index (κ1) is 27.5. The zero-order valence-corrected chi connectivity index (χ0v) is 22.8. The van der Waals surface area contributed by atoms with Crippen LogP contribution in [-0.4, -0.2) is 98.3 Å². The Morgan fingerprint density at radius 3 is 2.32 bits per heavy atom. The van der Waals surface area contributed by atoms with Crippen LogP contribution >= 0.6 is 23.2 Å². The van der Waals surface area contributed by atoms with Crippen LogP contribution < -0.4 is 9.47 Å². The number of hydrogen-bond donors (Lipinski definition) is 0. The van der Waals surface area contributed by atoms with Crippen molar-refractivity contribution >= 4 is 35.0 Å². The number of carbonyl (C=O) groups is 2. The molecule has 8 nitrogen and oxygen atoms in total. The van der Waals surface area contributed by atoms with Gasteiger partial charge in [0, 0.05) is 42.8 Å². The van der Waals surface area contributed by atoms with E-state index in [0.717, 1.165) is 18.7 Å². The zero-order chi connectivity index (χ0) is 26.4. The van der Waals surface area contributed by atoms with Gasteiger partial charge in [0.2, 0.25) is 5.91 Å². The number of halogens is 2. The summed E-state index contributed by atoms with van der Waals surface area (Å²) in [5, 5.41) is 1.25. The van der Waals surface area contributed by atoms with E-state index in [1.54, 1.807) is 41.3 Å². The first-order valence-electron chi connectivity index (χ1n) is 12.4. The molecule has 0 aromatic heterocycles. The maximum atomic E-state index is 13.3. The highest BCUT2D eigenvalue weighted by molar-refractivity contribution is 6.31. The van der Waals surface area contributed by atoms with Crippen LogP contribution in [0.1, 0.15) is 12.0 Å². The molecule has 200 valence electrons. The Kier molecular flexibility index (Phi) is 9.18. The van der Waals surface area contributed by atoms with Gasteiger partial charge < -0.3 is 28.9 Å². The van der Waals surface area contributed by atoms with E-state index >= 15 is 0 Å². The van der Waals surface area contributed by atoms with Gasteiger partial charge in [-0.3, -0.25) is 9.59 Å². The number of morpholine rings is 1. The van der Waals surface area contributed by atoms with Crippen molar-refractivity contribution < 1.29 is 23.8 Å². The standard InChI is InChI=1S/C27H33Cl2N3O5/c1-20-15-23(7-8-24(20)29)36-19-27(16-25(33)31-11-9-30(2)10-12-31)18-32(13-14-37-27)26(34)17-35-22-5-3-21(28)4-6-22/h3-8,15H,9-14,16-19H2,1-2H3/t27-/m0/s1. The van der Waals surface area contributed by atoms with Gasteiger partial charge in [0.25, 0.3) is 5.91 Å². The monoisotopic (exact) mass is 549 g/mol. The lowest BCUT2D eigenvalue weighted by molar-refractivity contribution is -0.167. The van der Waals surface area contributed by atoms with Crippen LogP contribution in [0, 0.1) is 6.92 Å². The summed E-state index contributed by atoms with van der Waals surface area (Å²) >= 11 is 12.1. The summed E-state index contributed by atoms with van der Waals surface area (Å²) in [7, 11) is 2.05. The quantitative estimate of drug-likeness (QED) is 0.501. The van der Waals surface area contributed by atoms with Crippen LogP contribution in [0.3, 0.4) is 0 Å². The van der Waals surface area contributed by atoms with E-state index in [-0.39, 0.29) is 38.0 Å². The maximum absolute atomic E-state index is 13.3. The molecule has 0 radical (unpaired) electrons. The Labute approximate surface area is 228 Å². The van der Waals surface area contributed by atoms with Crippen LogP contribution in [0.4, 0.5) is 0 Å². The number of nitrogens with zero attached hydrogens (tertiary/aromatic N) is 3. The van der Waals surface area contributed by atoms with Gasteiger partial charge in [0.05, 0.1) is 19.6 Å². The lowest BCUT2D eigenvalue weighted by Gasteiger charge is -2.43.